The summed E-state index contributed by atoms with van der Waals surface area (Å²) in [6.07, 6.45) is 4.05. The molecule has 35 heavy (non-hydrogen) atoms. The number of Topliss-reactive ketones (excluding diaryl/α,β-unsaturated/α-hetero) is 1. The summed E-state index contributed by atoms with van der Waals surface area (Å²) in [5, 5.41) is 11.1. The van der Waals surface area contributed by atoms with Crippen molar-refractivity contribution in [1.29, 1.82) is 0 Å². The Labute approximate surface area is 202 Å². The van der Waals surface area contributed by atoms with Gasteiger partial charge in [-0.3, -0.25) is 14.6 Å². The Morgan fingerprint density at radius 3 is 2.43 bits per heavy atom. The number of likely N-dealkylation sites (tertiary alicyclic amines) is 1. The first-order chi connectivity index (χ1) is 16.9. The van der Waals surface area contributed by atoms with Crippen LogP contribution >= 0.6 is 0 Å². The molecule has 1 aromatic heterocycles. The lowest BCUT2D eigenvalue weighted by Gasteiger charge is -2.25. The lowest BCUT2D eigenvalue weighted by Crippen LogP contribution is -2.29. The maximum atomic E-state index is 14.4. The van der Waals surface area contributed by atoms with Crippen LogP contribution < -0.4 is 9.47 Å². The zero-order valence-electron chi connectivity index (χ0n) is 19.4. The molecule has 7 nitrogen and oxygen atoms in total. The van der Waals surface area contributed by atoms with Gasteiger partial charge in [0.05, 0.1) is 25.3 Å². The van der Waals surface area contributed by atoms with E-state index < -0.39 is 29.3 Å². The Balaban J connectivity index is 1.81. The van der Waals surface area contributed by atoms with Gasteiger partial charge >= 0.3 is 0 Å². The highest BCUT2D eigenvalue weighted by Crippen LogP contribution is 2.41. The van der Waals surface area contributed by atoms with E-state index in [1.165, 1.54) is 24.1 Å². The van der Waals surface area contributed by atoms with Crippen molar-refractivity contribution < 1.29 is 28.6 Å². The number of amides is 1. The van der Waals surface area contributed by atoms with Crippen LogP contribution in [-0.2, 0) is 16.1 Å². The zero-order valence-corrected chi connectivity index (χ0v) is 19.4. The Kier molecular flexibility index (Phi) is 7.10. The molecule has 1 fully saturated rings. The fraction of sp³-hybridized carbons (Fsp3) is 0.222. The first-order valence-corrected chi connectivity index (χ1v) is 11.2. The minimum absolute atomic E-state index is 0.00101. The van der Waals surface area contributed by atoms with E-state index in [4.69, 9.17) is 9.47 Å². The molecule has 1 unspecified atom stereocenters. The molecule has 0 spiro atoms. The number of aliphatic hydroxyl groups excluding tert-OH is 1. The first-order valence-electron chi connectivity index (χ1n) is 11.2. The first kappa shape index (κ1) is 23.9. The molecule has 1 atom stereocenters. The van der Waals surface area contributed by atoms with E-state index in [1.807, 2.05) is 6.92 Å². The highest BCUT2D eigenvalue weighted by Gasteiger charge is 2.46. The van der Waals surface area contributed by atoms with Gasteiger partial charge in [0.2, 0.25) is 0 Å². The number of rotatable bonds is 8. The zero-order chi connectivity index (χ0) is 24.9. The number of aromatic nitrogens is 1. The Bertz CT molecular complexity index is 1260. The summed E-state index contributed by atoms with van der Waals surface area (Å²) in [7, 11) is 1.33. The number of hydrogen-bond acceptors (Lipinski definition) is 6. The standard InChI is InChI=1S/C27H25FN2O5/c1-3-14-35-20-7-4-18(5-8-20)24-23(25(31)19-6-9-22(34-2)21(28)15-19)26(32)27(33)30(24)16-17-10-12-29-13-11-17/h4-13,15,24,31H,3,14,16H2,1-2H3/b25-23+. The van der Waals surface area contributed by atoms with Crippen molar-refractivity contribution in [2.75, 3.05) is 13.7 Å². The summed E-state index contributed by atoms with van der Waals surface area (Å²) in [4.78, 5) is 31.7. The van der Waals surface area contributed by atoms with Crippen molar-refractivity contribution in [2.45, 2.75) is 25.9 Å². The quantitative estimate of drug-likeness (QED) is 0.290. The lowest BCUT2D eigenvalue weighted by atomic mass is 9.95. The molecule has 1 saturated heterocycles. The van der Waals surface area contributed by atoms with Crippen LogP contribution in [0.15, 0.2) is 72.6 Å². The molecule has 1 aliphatic rings. The third-order valence-corrected chi connectivity index (χ3v) is 5.74. The second kappa shape index (κ2) is 10.4. The molecule has 1 N–H and O–H groups in total. The van der Waals surface area contributed by atoms with Gasteiger partial charge in [-0.25, -0.2) is 4.39 Å². The minimum atomic E-state index is -0.881. The van der Waals surface area contributed by atoms with Gasteiger partial charge in [-0.2, -0.15) is 0 Å². The Hall–Kier alpha value is -4.20. The predicted octanol–water partition coefficient (Wildman–Crippen LogP) is 4.64. The SMILES string of the molecule is CCCOc1ccc(C2/C(=C(\O)c3ccc(OC)c(F)c3)C(=O)C(=O)N2Cc2ccncc2)cc1. The van der Waals surface area contributed by atoms with Gasteiger partial charge < -0.3 is 19.5 Å². The van der Waals surface area contributed by atoms with E-state index in [1.54, 1.807) is 48.8 Å². The Morgan fingerprint density at radius 1 is 1.09 bits per heavy atom. The maximum absolute atomic E-state index is 14.4. The van der Waals surface area contributed by atoms with E-state index in [2.05, 4.69) is 4.98 Å². The lowest BCUT2D eigenvalue weighted by molar-refractivity contribution is -0.140. The number of ketones is 1. The number of ether oxygens (including phenoxy) is 2. The van der Waals surface area contributed by atoms with Gasteiger partial charge in [0, 0.05) is 24.5 Å². The van der Waals surface area contributed by atoms with Crippen LogP contribution in [0.4, 0.5) is 4.39 Å². The molecule has 2 aromatic carbocycles. The summed E-state index contributed by atoms with van der Waals surface area (Å²) in [6.45, 7) is 2.69. The van der Waals surface area contributed by atoms with Gasteiger partial charge in [0.1, 0.15) is 11.5 Å². The topological polar surface area (TPSA) is 89.0 Å². The maximum Gasteiger partial charge on any atom is 0.295 e. The number of pyridine rings is 1. The number of nitrogens with zero attached hydrogens (tertiary/aromatic N) is 2. The molecule has 0 saturated carbocycles. The van der Waals surface area contributed by atoms with E-state index in [-0.39, 0.29) is 23.4 Å². The van der Waals surface area contributed by atoms with Gasteiger partial charge in [-0.1, -0.05) is 19.1 Å². The summed E-state index contributed by atoms with van der Waals surface area (Å²) in [5.74, 6) is -2.11. The Morgan fingerprint density at radius 2 is 1.80 bits per heavy atom. The summed E-state index contributed by atoms with van der Waals surface area (Å²) >= 11 is 0. The fourth-order valence-corrected chi connectivity index (χ4v) is 4.01. The highest BCUT2D eigenvalue weighted by molar-refractivity contribution is 6.46. The molecule has 0 bridgehead atoms. The third kappa shape index (κ3) is 4.87. The number of hydrogen-bond donors (Lipinski definition) is 1. The van der Waals surface area contributed by atoms with Crippen molar-refractivity contribution in [3.63, 3.8) is 0 Å². The normalized spacial score (nSPS) is 17.0. The average Bonchev–Trinajstić information content (AvgIpc) is 3.12. The number of halogens is 1. The molecule has 4 rings (SSSR count). The second-order valence-electron chi connectivity index (χ2n) is 8.05. The van der Waals surface area contributed by atoms with Gasteiger partial charge in [0.25, 0.3) is 11.7 Å². The van der Waals surface area contributed by atoms with Crippen molar-refractivity contribution in [3.8, 4) is 11.5 Å². The molecular weight excluding hydrogens is 451 g/mol. The monoisotopic (exact) mass is 476 g/mol. The highest BCUT2D eigenvalue weighted by atomic mass is 19.1. The largest absolute Gasteiger partial charge is 0.507 e. The molecule has 2 heterocycles. The van der Waals surface area contributed by atoms with Crippen LogP contribution in [-0.4, -0.2) is 40.4 Å². The van der Waals surface area contributed by atoms with Crippen molar-refractivity contribution in [3.05, 3.63) is 95.1 Å². The summed E-state index contributed by atoms with van der Waals surface area (Å²) in [6, 6.07) is 13.5. The van der Waals surface area contributed by atoms with Crippen molar-refractivity contribution >= 4 is 17.4 Å². The van der Waals surface area contributed by atoms with Crippen LogP contribution in [0.25, 0.3) is 5.76 Å². The van der Waals surface area contributed by atoms with Crippen molar-refractivity contribution in [2.24, 2.45) is 0 Å². The van der Waals surface area contributed by atoms with Crippen LogP contribution in [0.3, 0.4) is 0 Å². The van der Waals surface area contributed by atoms with Crippen LogP contribution in [0.2, 0.25) is 0 Å². The minimum Gasteiger partial charge on any atom is -0.507 e. The van der Waals surface area contributed by atoms with Crippen LogP contribution in [0, 0.1) is 5.82 Å². The number of carbonyl (C=O) groups is 2. The van der Waals surface area contributed by atoms with Crippen molar-refractivity contribution in [1.82, 2.24) is 9.88 Å². The number of aliphatic hydroxyl groups is 1. The number of carbonyl (C=O) groups excluding carboxylic acids is 2. The molecule has 0 radical (unpaired) electrons. The molecule has 1 amide bonds. The number of methoxy groups -OCH3 is 1. The summed E-state index contributed by atoms with van der Waals surface area (Å²) < 4.78 is 24.9. The molecule has 8 heteroatoms. The van der Waals surface area contributed by atoms with Gasteiger partial charge in [-0.05, 0) is 60.0 Å². The van der Waals surface area contributed by atoms with Crippen LogP contribution in [0.1, 0.15) is 36.1 Å². The van der Waals surface area contributed by atoms with E-state index in [0.717, 1.165) is 18.1 Å². The molecule has 1 aliphatic heterocycles. The van der Waals surface area contributed by atoms with Crippen LogP contribution in [0.5, 0.6) is 11.5 Å². The van der Waals surface area contributed by atoms with E-state index in [9.17, 15) is 19.1 Å². The average molecular weight is 477 g/mol. The number of benzene rings is 2. The van der Waals surface area contributed by atoms with Gasteiger partial charge in [0.15, 0.2) is 11.6 Å². The molecular formula is C27H25FN2O5. The van der Waals surface area contributed by atoms with Gasteiger partial charge in [-0.15, -0.1) is 0 Å². The summed E-state index contributed by atoms with van der Waals surface area (Å²) in [5.41, 5.74) is 1.33. The third-order valence-electron chi connectivity index (χ3n) is 5.74. The van der Waals surface area contributed by atoms with E-state index in [0.29, 0.717) is 17.9 Å². The molecule has 180 valence electrons. The molecule has 3 aromatic rings. The molecule has 0 aliphatic carbocycles. The van der Waals surface area contributed by atoms with E-state index >= 15 is 0 Å². The smallest absolute Gasteiger partial charge is 0.295 e. The fourth-order valence-electron chi connectivity index (χ4n) is 4.01. The predicted molar refractivity (Wildman–Crippen MR) is 127 cm³/mol. The second-order valence-corrected chi connectivity index (χ2v) is 8.05.